The number of amides is 1. The molecular weight excluding hydrogens is 356 g/mol. The number of carbonyl (C=O) groups excluding carboxylic acids is 1. The van der Waals surface area contributed by atoms with Crippen LogP contribution in [-0.2, 0) is 0 Å². The normalized spacial score (nSPS) is 17.9. The molecule has 1 atom stereocenters. The Morgan fingerprint density at radius 1 is 1.43 bits per heavy atom. The molecule has 1 amide bonds. The van der Waals surface area contributed by atoms with Gasteiger partial charge in [-0.05, 0) is 62.5 Å². The molecule has 5 nitrogen and oxygen atoms in total. The van der Waals surface area contributed by atoms with Crippen LogP contribution in [0.15, 0.2) is 41.0 Å². The van der Waals surface area contributed by atoms with Gasteiger partial charge in [-0.2, -0.15) is 5.10 Å². The van der Waals surface area contributed by atoms with Gasteiger partial charge in [0.25, 0.3) is 5.91 Å². The van der Waals surface area contributed by atoms with Crippen LogP contribution in [0.3, 0.4) is 0 Å². The fourth-order valence-corrected chi connectivity index (χ4v) is 3.25. The Morgan fingerprint density at radius 2 is 2.35 bits per heavy atom. The summed E-state index contributed by atoms with van der Waals surface area (Å²) in [6.45, 7) is 2.89. The minimum Gasteiger partial charge on any atom is -0.351 e. The van der Waals surface area contributed by atoms with Crippen molar-refractivity contribution >= 4 is 21.8 Å². The van der Waals surface area contributed by atoms with E-state index in [1.54, 1.807) is 10.7 Å². The van der Waals surface area contributed by atoms with Gasteiger partial charge in [-0.25, -0.2) is 4.68 Å². The summed E-state index contributed by atoms with van der Waals surface area (Å²) in [5.41, 5.74) is 1.37. The van der Waals surface area contributed by atoms with Crippen LogP contribution in [-0.4, -0.2) is 35.3 Å². The third kappa shape index (κ3) is 4.42. The number of aromatic nitrogens is 2. The molecule has 1 aromatic carbocycles. The molecule has 1 aromatic heterocycles. The molecule has 0 saturated carbocycles. The third-order valence-corrected chi connectivity index (χ3v) is 4.62. The first-order valence-electron chi connectivity index (χ1n) is 8.03. The minimum absolute atomic E-state index is 0.109. The van der Waals surface area contributed by atoms with Crippen LogP contribution >= 0.6 is 15.9 Å². The third-order valence-electron chi connectivity index (χ3n) is 4.13. The minimum atomic E-state index is -0.109. The average Bonchev–Trinajstić information content (AvgIpc) is 3.06. The molecule has 1 saturated heterocycles. The van der Waals surface area contributed by atoms with Crippen molar-refractivity contribution in [2.45, 2.75) is 19.3 Å². The second-order valence-electron chi connectivity index (χ2n) is 5.88. The van der Waals surface area contributed by atoms with Crippen molar-refractivity contribution in [1.82, 2.24) is 20.4 Å². The Hall–Kier alpha value is -1.66. The van der Waals surface area contributed by atoms with Crippen LogP contribution in [0.4, 0.5) is 0 Å². The van der Waals surface area contributed by atoms with Crippen LogP contribution in [0, 0.1) is 5.92 Å². The monoisotopic (exact) mass is 376 g/mol. The van der Waals surface area contributed by atoms with Gasteiger partial charge < -0.3 is 10.6 Å². The molecule has 6 heteroatoms. The van der Waals surface area contributed by atoms with Crippen LogP contribution in [0.2, 0.25) is 0 Å². The molecule has 3 rings (SSSR count). The first-order chi connectivity index (χ1) is 11.2. The van der Waals surface area contributed by atoms with Gasteiger partial charge in [0.1, 0.15) is 0 Å². The van der Waals surface area contributed by atoms with E-state index < -0.39 is 0 Å². The SMILES string of the molecule is O=C(NCCC1CCCNC1)c1ccn(-c2cccc(Br)c2)n1. The zero-order valence-corrected chi connectivity index (χ0v) is 14.6. The molecule has 1 aliphatic rings. The number of benzene rings is 1. The molecule has 0 aliphatic carbocycles. The van der Waals surface area contributed by atoms with Gasteiger partial charge in [-0.3, -0.25) is 4.79 Å². The van der Waals surface area contributed by atoms with Crippen molar-refractivity contribution in [3.8, 4) is 5.69 Å². The zero-order valence-electron chi connectivity index (χ0n) is 13.0. The fraction of sp³-hybridized carbons (Fsp3) is 0.412. The highest BCUT2D eigenvalue weighted by Crippen LogP contribution is 2.15. The number of nitrogens with zero attached hydrogens (tertiary/aromatic N) is 2. The highest BCUT2D eigenvalue weighted by atomic mass is 79.9. The molecular formula is C17H21BrN4O. The zero-order chi connectivity index (χ0) is 16.1. The van der Waals surface area contributed by atoms with E-state index in [1.165, 1.54) is 12.8 Å². The number of carbonyl (C=O) groups is 1. The number of nitrogens with one attached hydrogen (secondary N) is 2. The molecule has 122 valence electrons. The predicted octanol–water partition coefficient (Wildman–Crippen LogP) is 2.75. The maximum absolute atomic E-state index is 12.2. The molecule has 2 heterocycles. The van der Waals surface area contributed by atoms with Gasteiger partial charge in [0.2, 0.25) is 0 Å². The summed E-state index contributed by atoms with van der Waals surface area (Å²) in [4.78, 5) is 12.2. The van der Waals surface area contributed by atoms with Gasteiger partial charge in [-0.1, -0.05) is 22.0 Å². The van der Waals surface area contributed by atoms with Crippen LogP contribution in [0.25, 0.3) is 5.69 Å². The van der Waals surface area contributed by atoms with Crippen molar-refractivity contribution in [2.75, 3.05) is 19.6 Å². The van der Waals surface area contributed by atoms with Crippen LogP contribution in [0.5, 0.6) is 0 Å². The number of hydrogen-bond donors (Lipinski definition) is 2. The van der Waals surface area contributed by atoms with Crippen molar-refractivity contribution in [2.24, 2.45) is 5.92 Å². The lowest BCUT2D eigenvalue weighted by molar-refractivity contribution is 0.0945. The van der Waals surface area contributed by atoms with E-state index in [9.17, 15) is 4.79 Å². The Kier molecular flexibility index (Phi) is 5.46. The summed E-state index contributed by atoms with van der Waals surface area (Å²) in [6.07, 6.45) is 5.31. The Labute approximate surface area is 144 Å². The van der Waals surface area contributed by atoms with Gasteiger partial charge >= 0.3 is 0 Å². The lowest BCUT2D eigenvalue weighted by Crippen LogP contribution is -2.33. The van der Waals surface area contributed by atoms with E-state index >= 15 is 0 Å². The van der Waals surface area contributed by atoms with Crippen molar-refractivity contribution in [3.63, 3.8) is 0 Å². The van der Waals surface area contributed by atoms with E-state index in [-0.39, 0.29) is 5.91 Å². The molecule has 1 fully saturated rings. The van der Waals surface area contributed by atoms with Gasteiger partial charge in [0.05, 0.1) is 5.69 Å². The fourth-order valence-electron chi connectivity index (χ4n) is 2.86. The van der Waals surface area contributed by atoms with E-state index in [0.717, 1.165) is 29.7 Å². The van der Waals surface area contributed by atoms with Gasteiger partial charge in [-0.15, -0.1) is 0 Å². The molecule has 1 unspecified atom stereocenters. The lowest BCUT2D eigenvalue weighted by Gasteiger charge is -2.22. The summed E-state index contributed by atoms with van der Waals surface area (Å²) in [7, 11) is 0. The van der Waals surface area contributed by atoms with Gasteiger partial charge in [0.15, 0.2) is 5.69 Å². The average molecular weight is 377 g/mol. The van der Waals surface area contributed by atoms with Crippen molar-refractivity contribution in [3.05, 3.63) is 46.7 Å². The summed E-state index contributed by atoms with van der Waals surface area (Å²) in [5.74, 6) is 0.561. The Morgan fingerprint density at radius 3 is 3.13 bits per heavy atom. The highest BCUT2D eigenvalue weighted by Gasteiger charge is 2.14. The second kappa shape index (κ2) is 7.75. The first-order valence-corrected chi connectivity index (χ1v) is 8.82. The standard InChI is InChI=1S/C17H21BrN4O/c18-14-4-1-5-15(11-14)22-10-7-16(21-22)17(23)20-9-6-13-3-2-8-19-12-13/h1,4-5,7,10-11,13,19H,2-3,6,8-9,12H2,(H,20,23). The number of hydrogen-bond acceptors (Lipinski definition) is 3. The lowest BCUT2D eigenvalue weighted by atomic mass is 9.96. The van der Waals surface area contributed by atoms with Crippen LogP contribution < -0.4 is 10.6 Å². The van der Waals surface area contributed by atoms with E-state index in [0.29, 0.717) is 18.2 Å². The van der Waals surface area contributed by atoms with Gasteiger partial charge in [0, 0.05) is 17.2 Å². The predicted molar refractivity (Wildman–Crippen MR) is 93.8 cm³/mol. The molecule has 2 N–H and O–H groups in total. The summed E-state index contributed by atoms with van der Waals surface area (Å²) < 4.78 is 2.70. The molecule has 23 heavy (non-hydrogen) atoms. The number of piperidine rings is 1. The maximum atomic E-state index is 12.2. The summed E-state index contributed by atoms with van der Waals surface area (Å²) >= 11 is 3.44. The molecule has 1 aliphatic heterocycles. The molecule has 0 radical (unpaired) electrons. The van der Waals surface area contributed by atoms with Crippen molar-refractivity contribution in [1.29, 1.82) is 0 Å². The van der Waals surface area contributed by atoms with Crippen molar-refractivity contribution < 1.29 is 4.79 Å². The molecule has 2 aromatic rings. The smallest absolute Gasteiger partial charge is 0.271 e. The highest BCUT2D eigenvalue weighted by molar-refractivity contribution is 9.10. The number of halogens is 1. The molecule has 0 spiro atoms. The maximum Gasteiger partial charge on any atom is 0.271 e. The number of rotatable bonds is 5. The second-order valence-corrected chi connectivity index (χ2v) is 6.80. The van der Waals surface area contributed by atoms with E-state index in [2.05, 4.69) is 31.7 Å². The summed E-state index contributed by atoms with van der Waals surface area (Å²) in [5, 5.41) is 10.7. The molecule has 0 bridgehead atoms. The topological polar surface area (TPSA) is 59.0 Å². The van der Waals surface area contributed by atoms with E-state index in [4.69, 9.17) is 0 Å². The quantitative estimate of drug-likeness (QED) is 0.843. The largest absolute Gasteiger partial charge is 0.351 e. The first kappa shape index (κ1) is 16.2. The Balaban J connectivity index is 1.54. The van der Waals surface area contributed by atoms with E-state index in [1.807, 2.05) is 30.5 Å². The summed E-state index contributed by atoms with van der Waals surface area (Å²) in [6, 6.07) is 9.57. The van der Waals surface area contributed by atoms with Crippen LogP contribution in [0.1, 0.15) is 29.8 Å². The Bertz CT molecular complexity index is 664.